The van der Waals surface area contributed by atoms with Crippen molar-refractivity contribution in [2.24, 2.45) is 5.84 Å². The molecule has 0 aromatic heterocycles. The van der Waals surface area contributed by atoms with Crippen LogP contribution in [0.1, 0.15) is 12.8 Å². The molecule has 0 spiro atoms. The van der Waals surface area contributed by atoms with Crippen LogP contribution < -0.4 is 5.84 Å². The Hall–Kier alpha value is 0.270. The summed E-state index contributed by atoms with van der Waals surface area (Å²) in [7, 11) is 0. The first kappa shape index (κ1) is 5.41. The predicted molar refractivity (Wildman–Crippen MR) is 32.6 cm³/mol. The number of nitrogens with two attached hydrogens (primary N) is 1. The Morgan fingerprint density at radius 1 is 1.43 bits per heavy atom. The maximum Gasteiger partial charge on any atom is 0.0242 e. The van der Waals surface area contributed by atoms with E-state index in [2.05, 4.69) is 0 Å². The van der Waals surface area contributed by atoms with Gasteiger partial charge >= 0.3 is 0 Å². The molecule has 3 heteroatoms. The van der Waals surface area contributed by atoms with Crippen molar-refractivity contribution in [3.05, 3.63) is 0 Å². The summed E-state index contributed by atoms with van der Waals surface area (Å²) in [5.74, 6) is 6.64. The van der Waals surface area contributed by atoms with Crippen molar-refractivity contribution < 1.29 is 0 Å². The third kappa shape index (κ3) is 1.67. The fourth-order valence-electron chi connectivity index (χ4n) is 0.616. The molecule has 1 heterocycles. The first-order valence-electron chi connectivity index (χ1n) is 2.55. The van der Waals surface area contributed by atoms with Crippen LogP contribution in [0, 0.1) is 0 Å². The van der Waals surface area contributed by atoms with Crippen molar-refractivity contribution in [1.29, 1.82) is 0 Å². The molecular weight excluding hydrogens is 108 g/mol. The van der Waals surface area contributed by atoms with E-state index in [1.807, 2.05) is 4.41 Å². The fourth-order valence-corrected chi connectivity index (χ4v) is 1.44. The Balaban J connectivity index is 2.12. The molecule has 0 aromatic rings. The van der Waals surface area contributed by atoms with Gasteiger partial charge in [0.25, 0.3) is 0 Å². The van der Waals surface area contributed by atoms with E-state index in [-0.39, 0.29) is 0 Å². The second kappa shape index (κ2) is 2.55. The van der Waals surface area contributed by atoms with E-state index >= 15 is 0 Å². The summed E-state index contributed by atoms with van der Waals surface area (Å²) in [4.78, 5) is 0. The molecule has 2 N–H and O–H groups in total. The molecule has 7 heavy (non-hydrogen) atoms. The average Bonchev–Trinajstić information content (AvgIpc) is 1.69. The van der Waals surface area contributed by atoms with Gasteiger partial charge in [0.1, 0.15) is 0 Å². The average molecular weight is 118 g/mol. The van der Waals surface area contributed by atoms with E-state index in [0.717, 1.165) is 6.54 Å². The van der Waals surface area contributed by atoms with Crippen LogP contribution in [0.15, 0.2) is 0 Å². The van der Waals surface area contributed by atoms with Crippen molar-refractivity contribution in [3.8, 4) is 0 Å². The van der Waals surface area contributed by atoms with Gasteiger partial charge in [0, 0.05) is 12.3 Å². The summed E-state index contributed by atoms with van der Waals surface area (Å²) in [6.07, 6.45) is 2.60. The Labute approximate surface area is 48.2 Å². The molecule has 1 aliphatic heterocycles. The van der Waals surface area contributed by atoms with Gasteiger partial charge in [-0.1, -0.05) is 11.9 Å². The minimum atomic E-state index is 1.06. The highest BCUT2D eigenvalue weighted by atomic mass is 32.2. The minimum absolute atomic E-state index is 1.06. The third-order valence-electron chi connectivity index (χ3n) is 1.03. The Bertz CT molecular complexity index is 51.7. The van der Waals surface area contributed by atoms with E-state index in [0.29, 0.717) is 0 Å². The van der Waals surface area contributed by atoms with E-state index in [4.69, 9.17) is 5.84 Å². The molecule has 1 rings (SSSR count). The second-order valence-corrected chi connectivity index (χ2v) is 2.82. The lowest BCUT2D eigenvalue weighted by atomic mass is 10.3. The summed E-state index contributed by atoms with van der Waals surface area (Å²) in [5.41, 5.74) is 0. The summed E-state index contributed by atoms with van der Waals surface area (Å²) >= 11 is 1.73. The van der Waals surface area contributed by atoms with Gasteiger partial charge in [-0.15, -0.1) is 0 Å². The number of nitrogens with zero attached hydrogens (tertiary/aromatic N) is 1. The van der Waals surface area contributed by atoms with Gasteiger partial charge in [0.15, 0.2) is 0 Å². The normalized spacial score (nSPS) is 25.3. The molecule has 0 aliphatic carbocycles. The van der Waals surface area contributed by atoms with Crippen LogP contribution >= 0.6 is 11.9 Å². The van der Waals surface area contributed by atoms with Crippen molar-refractivity contribution in [2.75, 3.05) is 12.3 Å². The molecule has 0 unspecified atom stereocenters. The molecule has 1 aliphatic rings. The zero-order valence-corrected chi connectivity index (χ0v) is 5.08. The van der Waals surface area contributed by atoms with Crippen LogP contribution in [0.2, 0.25) is 0 Å². The highest BCUT2D eigenvalue weighted by molar-refractivity contribution is 7.96. The number of hydrazine groups is 1. The van der Waals surface area contributed by atoms with Gasteiger partial charge in [0.05, 0.1) is 0 Å². The molecule has 0 saturated carbocycles. The summed E-state index contributed by atoms with van der Waals surface area (Å²) < 4.78 is 1.81. The standard InChI is InChI=1S/C4H10N2S/c5-6-3-1-2-4-7-6/h1-5H2. The lowest BCUT2D eigenvalue weighted by molar-refractivity contribution is 0.462. The predicted octanol–water partition coefficient (Wildman–Crippen LogP) is 0.604. The topological polar surface area (TPSA) is 29.3 Å². The van der Waals surface area contributed by atoms with Crippen molar-refractivity contribution in [1.82, 2.24) is 4.41 Å². The highest BCUT2D eigenvalue weighted by Gasteiger charge is 2.03. The van der Waals surface area contributed by atoms with Crippen LogP contribution in [0.4, 0.5) is 0 Å². The van der Waals surface area contributed by atoms with Gasteiger partial charge < -0.3 is 0 Å². The molecule has 0 amide bonds. The Morgan fingerprint density at radius 2 is 2.29 bits per heavy atom. The van der Waals surface area contributed by atoms with Crippen molar-refractivity contribution in [3.63, 3.8) is 0 Å². The first-order chi connectivity index (χ1) is 3.39. The number of hydrogen-bond acceptors (Lipinski definition) is 3. The molecule has 0 atom stereocenters. The number of rotatable bonds is 0. The molecule has 0 radical (unpaired) electrons. The first-order valence-corrected chi connectivity index (χ1v) is 3.49. The van der Waals surface area contributed by atoms with Crippen LogP contribution in [0.3, 0.4) is 0 Å². The Kier molecular flexibility index (Phi) is 1.97. The molecule has 42 valence electrons. The SMILES string of the molecule is NN1CCCCS1. The Morgan fingerprint density at radius 3 is 2.57 bits per heavy atom. The molecular formula is C4H10N2S. The van der Waals surface area contributed by atoms with E-state index in [1.165, 1.54) is 18.6 Å². The second-order valence-electron chi connectivity index (χ2n) is 1.68. The molecule has 0 aromatic carbocycles. The lowest BCUT2D eigenvalue weighted by Crippen LogP contribution is -2.28. The summed E-state index contributed by atoms with van der Waals surface area (Å²) in [6, 6.07) is 0. The fraction of sp³-hybridized carbons (Fsp3) is 1.00. The largest absolute Gasteiger partial charge is 0.259 e. The molecule has 2 nitrogen and oxygen atoms in total. The highest BCUT2D eigenvalue weighted by Crippen LogP contribution is 2.13. The van der Waals surface area contributed by atoms with Crippen LogP contribution in [0.25, 0.3) is 0 Å². The third-order valence-corrected chi connectivity index (χ3v) is 2.02. The zero-order valence-electron chi connectivity index (χ0n) is 4.26. The van der Waals surface area contributed by atoms with Crippen LogP contribution in [-0.4, -0.2) is 16.7 Å². The number of hydrogen-bond donors (Lipinski definition) is 1. The van der Waals surface area contributed by atoms with Crippen molar-refractivity contribution in [2.45, 2.75) is 12.8 Å². The van der Waals surface area contributed by atoms with Gasteiger partial charge in [-0.3, -0.25) is 5.84 Å². The lowest BCUT2D eigenvalue weighted by Gasteiger charge is -2.18. The van der Waals surface area contributed by atoms with Crippen LogP contribution in [0.5, 0.6) is 0 Å². The van der Waals surface area contributed by atoms with E-state index < -0.39 is 0 Å². The smallest absolute Gasteiger partial charge is 0.0242 e. The van der Waals surface area contributed by atoms with Gasteiger partial charge in [-0.2, -0.15) is 4.41 Å². The van der Waals surface area contributed by atoms with Crippen molar-refractivity contribution >= 4 is 11.9 Å². The van der Waals surface area contributed by atoms with E-state index in [1.54, 1.807) is 11.9 Å². The molecule has 1 fully saturated rings. The minimum Gasteiger partial charge on any atom is -0.259 e. The quantitative estimate of drug-likeness (QED) is 0.373. The zero-order chi connectivity index (χ0) is 5.11. The molecule has 0 bridgehead atoms. The van der Waals surface area contributed by atoms with Crippen LogP contribution in [-0.2, 0) is 0 Å². The maximum atomic E-state index is 5.43. The van der Waals surface area contributed by atoms with Gasteiger partial charge in [-0.25, -0.2) is 0 Å². The monoisotopic (exact) mass is 118 g/mol. The van der Waals surface area contributed by atoms with E-state index in [9.17, 15) is 0 Å². The summed E-state index contributed by atoms with van der Waals surface area (Å²) in [6.45, 7) is 1.06. The maximum absolute atomic E-state index is 5.43. The molecule has 1 saturated heterocycles. The van der Waals surface area contributed by atoms with Gasteiger partial charge in [0.2, 0.25) is 0 Å². The summed E-state index contributed by atoms with van der Waals surface area (Å²) in [5, 5.41) is 0. The van der Waals surface area contributed by atoms with Gasteiger partial charge in [-0.05, 0) is 12.8 Å².